The third-order valence-electron chi connectivity index (χ3n) is 3.32. The topological polar surface area (TPSA) is 30.5 Å². The van der Waals surface area contributed by atoms with Gasteiger partial charge in [0, 0.05) is 17.5 Å². The molecule has 1 aromatic carbocycles. The van der Waals surface area contributed by atoms with E-state index in [1.807, 2.05) is 0 Å². The molecule has 0 radical (unpaired) electrons. The van der Waals surface area contributed by atoms with Crippen molar-refractivity contribution >= 4 is 11.6 Å². The van der Waals surface area contributed by atoms with Crippen LogP contribution in [0.25, 0.3) is 0 Å². The van der Waals surface area contributed by atoms with Gasteiger partial charge in [-0.05, 0) is 43.1 Å². The van der Waals surface area contributed by atoms with Gasteiger partial charge in [-0.2, -0.15) is 0 Å². The van der Waals surface area contributed by atoms with Crippen LogP contribution in [0.1, 0.15) is 25.3 Å². The highest BCUT2D eigenvalue weighted by atomic mass is 35.5. The number of benzene rings is 1. The van der Waals surface area contributed by atoms with Gasteiger partial charge in [0.15, 0.2) is 6.29 Å². The van der Waals surface area contributed by atoms with Gasteiger partial charge in [-0.3, -0.25) is 0 Å². The third kappa shape index (κ3) is 4.70. The molecule has 3 nitrogen and oxygen atoms in total. The molecule has 1 saturated heterocycles. The molecule has 1 aromatic rings. The van der Waals surface area contributed by atoms with Gasteiger partial charge in [0.25, 0.3) is 0 Å². The summed E-state index contributed by atoms with van der Waals surface area (Å²) in [5, 5.41) is 3.98. The van der Waals surface area contributed by atoms with Gasteiger partial charge in [0.05, 0.1) is 13.2 Å². The van der Waals surface area contributed by atoms with E-state index >= 15 is 0 Å². The van der Waals surface area contributed by atoms with Crippen LogP contribution in [-0.4, -0.2) is 32.1 Å². The molecule has 1 fully saturated rings. The summed E-state index contributed by atoms with van der Waals surface area (Å²) in [5.41, 5.74) is 0.629. The molecule has 20 heavy (non-hydrogen) atoms. The van der Waals surface area contributed by atoms with E-state index in [0.29, 0.717) is 36.6 Å². The van der Waals surface area contributed by atoms with Gasteiger partial charge in [-0.25, -0.2) is 4.39 Å². The Morgan fingerprint density at radius 1 is 1.40 bits per heavy atom. The van der Waals surface area contributed by atoms with Crippen LogP contribution in [0.2, 0.25) is 5.02 Å². The zero-order valence-corrected chi connectivity index (χ0v) is 12.5. The molecule has 1 aliphatic heterocycles. The standard InChI is InChI=1S/C15H21ClFNO2/c1-2-5-18-13(10-15-19-6-7-20-15)9-11-8-12(16)3-4-14(11)17/h3-4,8,13,15,18H,2,5-7,9-10H2,1H3. The zero-order valence-electron chi connectivity index (χ0n) is 11.7. The zero-order chi connectivity index (χ0) is 14.4. The number of rotatable bonds is 7. The van der Waals surface area contributed by atoms with Crippen LogP contribution in [0.15, 0.2) is 18.2 Å². The van der Waals surface area contributed by atoms with Crippen molar-refractivity contribution in [3.63, 3.8) is 0 Å². The van der Waals surface area contributed by atoms with E-state index in [9.17, 15) is 4.39 Å². The van der Waals surface area contributed by atoms with Gasteiger partial charge in [-0.15, -0.1) is 0 Å². The van der Waals surface area contributed by atoms with Crippen molar-refractivity contribution in [1.82, 2.24) is 5.32 Å². The second kappa shape index (κ2) is 7.93. The average Bonchev–Trinajstić information content (AvgIpc) is 2.93. The minimum absolute atomic E-state index is 0.117. The minimum Gasteiger partial charge on any atom is -0.350 e. The SMILES string of the molecule is CCCNC(Cc1cc(Cl)ccc1F)CC1OCCO1. The maximum Gasteiger partial charge on any atom is 0.159 e. The minimum atomic E-state index is -0.217. The van der Waals surface area contributed by atoms with Crippen molar-refractivity contribution in [3.05, 3.63) is 34.6 Å². The summed E-state index contributed by atoms with van der Waals surface area (Å²) in [6.45, 7) is 4.26. The number of hydrogen-bond donors (Lipinski definition) is 1. The highest BCUT2D eigenvalue weighted by Gasteiger charge is 2.22. The predicted molar refractivity (Wildman–Crippen MR) is 77.5 cm³/mol. The molecule has 1 unspecified atom stereocenters. The average molecular weight is 302 g/mol. The number of hydrogen-bond acceptors (Lipinski definition) is 3. The quantitative estimate of drug-likeness (QED) is 0.839. The second-order valence-electron chi connectivity index (χ2n) is 5.00. The normalized spacial score (nSPS) is 17.6. The first kappa shape index (κ1) is 15.7. The van der Waals surface area contributed by atoms with E-state index in [4.69, 9.17) is 21.1 Å². The Hall–Kier alpha value is -0.680. The summed E-state index contributed by atoms with van der Waals surface area (Å²) in [7, 11) is 0. The molecule has 0 saturated carbocycles. The lowest BCUT2D eigenvalue weighted by Gasteiger charge is -2.21. The molecule has 1 aliphatic rings. The van der Waals surface area contributed by atoms with E-state index in [2.05, 4.69) is 12.2 Å². The van der Waals surface area contributed by atoms with Crippen LogP contribution in [0.3, 0.4) is 0 Å². The van der Waals surface area contributed by atoms with Crippen molar-refractivity contribution in [3.8, 4) is 0 Å². The van der Waals surface area contributed by atoms with Crippen LogP contribution in [-0.2, 0) is 15.9 Å². The Morgan fingerprint density at radius 3 is 2.85 bits per heavy atom. The lowest BCUT2D eigenvalue weighted by Crippen LogP contribution is -2.35. The van der Waals surface area contributed by atoms with Crippen LogP contribution in [0, 0.1) is 5.82 Å². The summed E-state index contributed by atoms with van der Waals surface area (Å²) in [6.07, 6.45) is 2.13. The van der Waals surface area contributed by atoms with Gasteiger partial charge >= 0.3 is 0 Å². The monoisotopic (exact) mass is 301 g/mol. The fourth-order valence-electron chi connectivity index (χ4n) is 2.33. The van der Waals surface area contributed by atoms with Gasteiger partial charge in [0.1, 0.15) is 5.82 Å². The van der Waals surface area contributed by atoms with Crippen LogP contribution in [0.5, 0.6) is 0 Å². The lowest BCUT2D eigenvalue weighted by atomic mass is 10.0. The Balaban J connectivity index is 1.99. The number of nitrogens with one attached hydrogen (secondary N) is 1. The van der Waals surface area contributed by atoms with E-state index in [1.165, 1.54) is 6.07 Å². The summed E-state index contributed by atoms with van der Waals surface area (Å²) in [4.78, 5) is 0. The molecule has 112 valence electrons. The van der Waals surface area contributed by atoms with Crippen molar-refractivity contribution in [2.45, 2.75) is 38.5 Å². The van der Waals surface area contributed by atoms with Gasteiger partial charge in [-0.1, -0.05) is 18.5 Å². The van der Waals surface area contributed by atoms with Gasteiger partial charge in [0.2, 0.25) is 0 Å². The van der Waals surface area contributed by atoms with Crippen LogP contribution < -0.4 is 5.32 Å². The Bertz CT molecular complexity index is 424. The maximum atomic E-state index is 13.8. The molecule has 0 spiro atoms. The molecule has 5 heteroatoms. The smallest absolute Gasteiger partial charge is 0.159 e. The molecule has 0 amide bonds. The fraction of sp³-hybridized carbons (Fsp3) is 0.600. The predicted octanol–water partition coefficient (Wildman–Crippen LogP) is 3.15. The maximum absolute atomic E-state index is 13.8. The lowest BCUT2D eigenvalue weighted by molar-refractivity contribution is -0.0526. The Labute approximate surface area is 124 Å². The largest absolute Gasteiger partial charge is 0.350 e. The number of halogens is 2. The molecule has 0 bridgehead atoms. The molecule has 0 aliphatic carbocycles. The molecule has 0 aromatic heterocycles. The Morgan fingerprint density at radius 2 is 2.15 bits per heavy atom. The van der Waals surface area contributed by atoms with E-state index < -0.39 is 0 Å². The first-order chi connectivity index (χ1) is 9.69. The molecular weight excluding hydrogens is 281 g/mol. The highest BCUT2D eigenvalue weighted by Crippen LogP contribution is 2.19. The van der Waals surface area contributed by atoms with Crippen molar-refractivity contribution in [2.75, 3.05) is 19.8 Å². The van der Waals surface area contributed by atoms with E-state index in [-0.39, 0.29) is 18.1 Å². The summed E-state index contributed by atoms with van der Waals surface area (Å²) < 4.78 is 24.8. The first-order valence-electron chi connectivity index (χ1n) is 7.09. The highest BCUT2D eigenvalue weighted by molar-refractivity contribution is 6.30. The first-order valence-corrected chi connectivity index (χ1v) is 7.47. The molecule has 1 N–H and O–H groups in total. The molecule has 1 atom stereocenters. The van der Waals surface area contributed by atoms with Crippen LogP contribution in [0.4, 0.5) is 4.39 Å². The second-order valence-corrected chi connectivity index (χ2v) is 5.43. The van der Waals surface area contributed by atoms with E-state index in [1.54, 1.807) is 12.1 Å². The van der Waals surface area contributed by atoms with Gasteiger partial charge < -0.3 is 14.8 Å². The molecule has 2 rings (SSSR count). The van der Waals surface area contributed by atoms with Crippen molar-refractivity contribution in [1.29, 1.82) is 0 Å². The summed E-state index contributed by atoms with van der Waals surface area (Å²) in [5.74, 6) is -0.217. The molecule has 1 heterocycles. The third-order valence-corrected chi connectivity index (χ3v) is 3.56. The Kier molecular flexibility index (Phi) is 6.23. The number of ether oxygens (including phenoxy) is 2. The van der Waals surface area contributed by atoms with Crippen molar-refractivity contribution in [2.24, 2.45) is 0 Å². The summed E-state index contributed by atoms with van der Waals surface area (Å²) in [6, 6.07) is 4.79. The summed E-state index contributed by atoms with van der Waals surface area (Å²) >= 11 is 5.94. The van der Waals surface area contributed by atoms with Crippen LogP contribution >= 0.6 is 11.6 Å². The van der Waals surface area contributed by atoms with E-state index in [0.717, 1.165) is 13.0 Å². The fourth-order valence-corrected chi connectivity index (χ4v) is 2.52. The molecular formula is C15H21ClFNO2. The van der Waals surface area contributed by atoms with Crippen molar-refractivity contribution < 1.29 is 13.9 Å².